The lowest BCUT2D eigenvalue weighted by Gasteiger charge is -2.44. The number of carbonyl (C=O) groups is 1. The predicted molar refractivity (Wildman–Crippen MR) is 82.7 cm³/mol. The molecular formula is C17H30O4. The zero-order chi connectivity index (χ0) is 16.3. The molecule has 1 aliphatic rings. The van der Waals surface area contributed by atoms with Crippen molar-refractivity contribution in [2.45, 2.75) is 59.5 Å². The summed E-state index contributed by atoms with van der Waals surface area (Å²) in [4.78, 5) is 12.3. The Balaban J connectivity index is 2.75. The summed E-state index contributed by atoms with van der Waals surface area (Å²) < 4.78 is 5.34. The molecule has 21 heavy (non-hydrogen) atoms. The Morgan fingerprint density at radius 2 is 2.00 bits per heavy atom. The van der Waals surface area contributed by atoms with Gasteiger partial charge in [0.25, 0.3) is 0 Å². The van der Waals surface area contributed by atoms with E-state index in [1.54, 1.807) is 0 Å². The van der Waals surface area contributed by atoms with Crippen LogP contribution in [0.15, 0.2) is 12.2 Å². The first-order chi connectivity index (χ1) is 9.68. The van der Waals surface area contributed by atoms with Gasteiger partial charge in [-0.15, -0.1) is 0 Å². The van der Waals surface area contributed by atoms with Gasteiger partial charge in [-0.05, 0) is 38.0 Å². The highest BCUT2D eigenvalue weighted by Gasteiger charge is 2.57. The van der Waals surface area contributed by atoms with Gasteiger partial charge in [0.2, 0.25) is 0 Å². The van der Waals surface area contributed by atoms with Gasteiger partial charge < -0.3 is 14.9 Å². The standard InChI is InChI=1S/C17H30O4/c1-12(2)14(19)17(5)9-8-13(16(17,3)4)15(20)21-11-7-6-10-18/h13-14,18-19H,1,6-11H2,2-5H3. The smallest absolute Gasteiger partial charge is 0.309 e. The van der Waals surface area contributed by atoms with Gasteiger partial charge >= 0.3 is 5.97 Å². The number of carbonyl (C=O) groups excluding carboxylic acids is 1. The quantitative estimate of drug-likeness (QED) is 0.431. The summed E-state index contributed by atoms with van der Waals surface area (Å²) in [5, 5.41) is 19.2. The van der Waals surface area contributed by atoms with E-state index in [0.717, 1.165) is 18.4 Å². The zero-order valence-corrected chi connectivity index (χ0v) is 13.8. The molecule has 4 nitrogen and oxygen atoms in total. The Labute approximate surface area is 128 Å². The highest BCUT2D eigenvalue weighted by atomic mass is 16.5. The molecule has 2 N–H and O–H groups in total. The Hall–Kier alpha value is -0.870. The summed E-state index contributed by atoms with van der Waals surface area (Å²) in [5.41, 5.74) is 0.0232. The number of aliphatic hydroxyl groups excluding tert-OH is 2. The van der Waals surface area contributed by atoms with Crippen LogP contribution in [-0.4, -0.2) is 35.5 Å². The fourth-order valence-electron chi connectivity index (χ4n) is 3.46. The molecule has 0 heterocycles. The average Bonchev–Trinajstić information content (AvgIpc) is 2.65. The van der Waals surface area contributed by atoms with Crippen LogP contribution in [0.3, 0.4) is 0 Å². The van der Waals surface area contributed by atoms with Crippen molar-refractivity contribution in [3.05, 3.63) is 12.2 Å². The van der Waals surface area contributed by atoms with E-state index in [1.165, 1.54) is 0 Å². The molecule has 3 atom stereocenters. The van der Waals surface area contributed by atoms with Crippen LogP contribution in [0.5, 0.6) is 0 Å². The maximum absolute atomic E-state index is 12.3. The van der Waals surface area contributed by atoms with E-state index in [1.807, 2.05) is 27.7 Å². The molecule has 0 aliphatic heterocycles. The lowest BCUT2D eigenvalue weighted by Crippen LogP contribution is -2.45. The Morgan fingerprint density at radius 1 is 1.38 bits per heavy atom. The molecule has 1 saturated carbocycles. The summed E-state index contributed by atoms with van der Waals surface area (Å²) in [6.45, 7) is 12.3. The summed E-state index contributed by atoms with van der Waals surface area (Å²) in [6.07, 6.45) is 2.23. The van der Waals surface area contributed by atoms with Crippen molar-refractivity contribution in [3.63, 3.8) is 0 Å². The van der Waals surface area contributed by atoms with Crippen LogP contribution in [0.25, 0.3) is 0 Å². The van der Waals surface area contributed by atoms with Crippen molar-refractivity contribution in [1.29, 1.82) is 0 Å². The van der Waals surface area contributed by atoms with E-state index in [9.17, 15) is 9.90 Å². The number of unbranched alkanes of at least 4 members (excludes halogenated alkanes) is 1. The predicted octanol–water partition coefficient (Wildman–Crippen LogP) is 2.68. The summed E-state index contributed by atoms with van der Waals surface area (Å²) in [7, 11) is 0. The fraction of sp³-hybridized carbons (Fsp3) is 0.824. The van der Waals surface area contributed by atoms with E-state index in [2.05, 4.69) is 6.58 Å². The number of esters is 1. The van der Waals surface area contributed by atoms with Crippen molar-refractivity contribution in [2.75, 3.05) is 13.2 Å². The second-order valence-corrected chi connectivity index (χ2v) is 7.08. The van der Waals surface area contributed by atoms with Gasteiger partial charge in [-0.25, -0.2) is 0 Å². The van der Waals surface area contributed by atoms with Crippen molar-refractivity contribution >= 4 is 5.97 Å². The zero-order valence-electron chi connectivity index (χ0n) is 13.8. The van der Waals surface area contributed by atoms with Crippen LogP contribution >= 0.6 is 0 Å². The highest BCUT2D eigenvalue weighted by Crippen LogP contribution is 2.58. The Kier molecular flexibility index (Phi) is 6.00. The van der Waals surface area contributed by atoms with E-state index < -0.39 is 6.10 Å². The minimum atomic E-state index is -0.611. The Morgan fingerprint density at radius 3 is 2.52 bits per heavy atom. The number of rotatable bonds is 7. The third-order valence-corrected chi connectivity index (χ3v) is 5.45. The van der Waals surface area contributed by atoms with Crippen molar-refractivity contribution < 1.29 is 19.7 Å². The molecule has 3 unspecified atom stereocenters. The van der Waals surface area contributed by atoms with Crippen LogP contribution in [0.4, 0.5) is 0 Å². The molecule has 1 aliphatic carbocycles. The van der Waals surface area contributed by atoms with Crippen molar-refractivity contribution in [3.8, 4) is 0 Å². The van der Waals surface area contributed by atoms with E-state index in [-0.39, 0.29) is 29.3 Å². The number of aliphatic hydroxyl groups is 2. The third-order valence-electron chi connectivity index (χ3n) is 5.45. The molecular weight excluding hydrogens is 268 g/mol. The largest absolute Gasteiger partial charge is 0.465 e. The minimum absolute atomic E-state index is 0.120. The summed E-state index contributed by atoms with van der Waals surface area (Å²) >= 11 is 0. The van der Waals surface area contributed by atoms with Gasteiger partial charge in [-0.2, -0.15) is 0 Å². The molecule has 0 radical (unpaired) electrons. The monoisotopic (exact) mass is 298 g/mol. The van der Waals surface area contributed by atoms with E-state index in [4.69, 9.17) is 9.84 Å². The van der Waals surface area contributed by atoms with Gasteiger partial charge in [0.1, 0.15) is 0 Å². The molecule has 0 aromatic heterocycles. The first-order valence-electron chi connectivity index (χ1n) is 7.79. The van der Waals surface area contributed by atoms with Gasteiger partial charge in [0.05, 0.1) is 18.6 Å². The molecule has 122 valence electrons. The van der Waals surface area contributed by atoms with Crippen molar-refractivity contribution in [1.82, 2.24) is 0 Å². The van der Waals surface area contributed by atoms with Crippen LogP contribution < -0.4 is 0 Å². The lowest BCUT2D eigenvalue weighted by molar-refractivity contribution is -0.154. The summed E-state index contributed by atoms with van der Waals surface area (Å²) in [5.74, 6) is -0.388. The lowest BCUT2D eigenvalue weighted by atomic mass is 9.62. The highest BCUT2D eigenvalue weighted by molar-refractivity contribution is 5.74. The molecule has 4 heteroatoms. The second kappa shape index (κ2) is 6.93. The molecule has 0 aromatic rings. The molecule has 0 spiro atoms. The van der Waals surface area contributed by atoms with Gasteiger partial charge in [0.15, 0.2) is 0 Å². The maximum atomic E-state index is 12.3. The molecule has 1 rings (SSSR count). The molecule has 0 saturated heterocycles. The van der Waals surface area contributed by atoms with Crippen LogP contribution in [0.1, 0.15) is 53.4 Å². The van der Waals surface area contributed by atoms with Crippen LogP contribution in [-0.2, 0) is 9.53 Å². The first kappa shape index (κ1) is 18.2. The first-order valence-corrected chi connectivity index (χ1v) is 7.79. The van der Waals surface area contributed by atoms with Gasteiger partial charge in [-0.3, -0.25) is 4.79 Å². The fourth-order valence-corrected chi connectivity index (χ4v) is 3.46. The third kappa shape index (κ3) is 3.49. The van der Waals surface area contributed by atoms with Crippen LogP contribution in [0, 0.1) is 16.7 Å². The topological polar surface area (TPSA) is 66.8 Å². The Bertz CT molecular complexity index is 388. The number of ether oxygens (including phenoxy) is 1. The number of hydrogen-bond donors (Lipinski definition) is 2. The number of hydrogen-bond acceptors (Lipinski definition) is 4. The average molecular weight is 298 g/mol. The van der Waals surface area contributed by atoms with Crippen molar-refractivity contribution in [2.24, 2.45) is 16.7 Å². The van der Waals surface area contributed by atoms with Gasteiger partial charge in [0, 0.05) is 12.0 Å². The SMILES string of the molecule is C=C(C)C(O)C1(C)CCC(C(=O)OCCCCO)C1(C)C. The maximum Gasteiger partial charge on any atom is 0.309 e. The second-order valence-electron chi connectivity index (χ2n) is 7.08. The van der Waals surface area contributed by atoms with E-state index in [0.29, 0.717) is 19.4 Å². The van der Waals surface area contributed by atoms with Crippen LogP contribution in [0.2, 0.25) is 0 Å². The molecule has 0 bridgehead atoms. The normalized spacial score (nSPS) is 29.1. The molecule has 0 amide bonds. The van der Waals surface area contributed by atoms with Gasteiger partial charge in [-0.1, -0.05) is 32.9 Å². The summed E-state index contributed by atoms with van der Waals surface area (Å²) in [6, 6.07) is 0. The molecule has 1 fully saturated rings. The van der Waals surface area contributed by atoms with E-state index >= 15 is 0 Å². The minimum Gasteiger partial charge on any atom is -0.465 e. The molecule has 0 aromatic carbocycles.